The lowest BCUT2D eigenvalue weighted by Crippen LogP contribution is -2.19. The summed E-state index contributed by atoms with van der Waals surface area (Å²) in [6, 6.07) is 24.5. The van der Waals surface area contributed by atoms with E-state index in [2.05, 4.69) is 15.5 Å². The van der Waals surface area contributed by atoms with E-state index in [9.17, 15) is 9.59 Å². The molecule has 0 unspecified atom stereocenters. The third kappa shape index (κ3) is 5.57. The summed E-state index contributed by atoms with van der Waals surface area (Å²) in [5.41, 5.74) is 7.18. The number of hydrazone groups is 1. The number of amides is 1. The molecule has 0 bridgehead atoms. The van der Waals surface area contributed by atoms with Gasteiger partial charge in [-0.2, -0.15) is 5.10 Å². The minimum atomic E-state index is -0.549. The lowest BCUT2D eigenvalue weighted by molar-refractivity contribution is 0.0729. The van der Waals surface area contributed by atoms with E-state index >= 15 is 0 Å². The molecular formula is C31H23Cl2N3O4. The maximum atomic E-state index is 13.3. The van der Waals surface area contributed by atoms with Crippen LogP contribution in [-0.2, 0) is 0 Å². The molecule has 9 heteroatoms. The fraction of sp³-hybridized carbons (Fsp3) is 0.0645. The van der Waals surface area contributed by atoms with E-state index < -0.39 is 11.9 Å². The molecule has 4 aromatic carbocycles. The van der Waals surface area contributed by atoms with Crippen LogP contribution >= 0.6 is 23.2 Å². The number of aromatic amines is 1. The number of carbonyl (C=O) groups is 2. The van der Waals surface area contributed by atoms with Crippen molar-refractivity contribution in [2.24, 2.45) is 5.10 Å². The van der Waals surface area contributed by atoms with Crippen molar-refractivity contribution in [3.8, 4) is 22.6 Å². The number of para-hydroxylation sites is 1. The number of carbonyl (C=O) groups excluding carboxylic acids is 2. The van der Waals surface area contributed by atoms with Gasteiger partial charge in [-0.3, -0.25) is 4.79 Å². The van der Waals surface area contributed by atoms with Gasteiger partial charge in [-0.1, -0.05) is 59.6 Å². The van der Waals surface area contributed by atoms with Crippen molar-refractivity contribution in [1.29, 1.82) is 0 Å². The molecule has 200 valence electrons. The van der Waals surface area contributed by atoms with E-state index in [0.717, 1.165) is 22.0 Å². The highest BCUT2D eigenvalue weighted by atomic mass is 35.5. The predicted molar refractivity (Wildman–Crippen MR) is 158 cm³/mol. The first-order chi connectivity index (χ1) is 19.4. The van der Waals surface area contributed by atoms with Crippen LogP contribution in [0.15, 0.2) is 90.0 Å². The number of aryl methyl sites for hydroxylation is 1. The topological polar surface area (TPSA) is 92.8 Å². The van der Waals surface area contributed by atoms with E-state index in [1.54, 1.807) is 48.5 Å². The van der Waals surface area contributed by atoms with Gasteiger partial charge in [0.1, 0.15) is 5.69 Å². The summed E-state index contributed by atoms with van der Waals surface area (Å²) in [4.78, 5) is 29.0. The second kappa shape index (κ2) is 11.7. The molecule has 0 saturated heterocycles. The molecule has 5 aromatic rings. The monoisotopic (exact) mass is 571 g/mol. The van der Waals surface area contributed by atoms with Crippen LogP contribution in [0.5, 0.6) is 11.5 Å². The van der Waals surface area contributed by atoms with E-state index in [1.807, 2.05) is 43.3 Å². The van der Waals surface area contributed by atoms with Crippen molar-refractivity contribution in [1.82, 2.24) is 10.4 Å². The third-order valence-electron chi connectivity index (χ3n) is 6.26. The first-order valence-electron chi connectivity index (χ1n) is 12.2. The molecule has 0 aliphatic rings. The number of esters is 1. The molecule has 7 nitrogen and oxygen atoms in total. The number of methoxy groups -OCH3 is 1. The Balaban J connectivity index is 1.37. The van der Waals surface area contributed by atoms with Gasteiger partial charge < -0.3 is 14.5 Å². The van der Waals surface area contributed by atoms with Gasteiger partial charge in [0.2, 0.25) is 0 Å². The van der Waals surface area contributed by atoms with Crippen LogP contribution in [0.4, 0.5) is 0 Å². The Bertz CT molecular complexity index is 1760. The number of nitrogens with one attached hydrogen (secondary N) is 2. The number of rotatable bonds is 7. The Kier molecular flexibility index (Phi) is 7.86. The second-order valence-corrected chi connectivity index (χ2v) is 9.70. The largest absolute Gasteiger partial charge is 0.493 e. The molecular weight excluding hydrogens is 549 g/mol. The Hall–Kier alpha value is -4.59. The fourth-order valence-electron chi connectivity index (χ4n) is 4.29. The molecule has 1 amide bonds. The SMILES string of the molecule is COc1cc(C=NNC(=O)c2[nH]c3c(C)cccc3c2-c2ccccc2Cl)ccc1OC(=O)c1ccc(Cl)cc1. The number of H-pyrrole nitrogens is 1. The van der Waals surface area contributed by atoms with Crippen LogP contribution in [-0.4, -0.2) is 30.2 Å². The van der Waals surface area contributed by atoms with Crippen LogP contribution in [0.3, 0.4) is 0 Å². The number of nitrogens with zero attached hydrogens (tertiary/aromatic N) is 1. The van der Waals surface area contributed by atoms with Gasteiger partial charge in [0.25, 0.3) is 5.91 Å². The minimum absolute atomic E-state index is 0.237. The highest BCUT2D eigenvalue weighted by Gasteiger charge is 2.21. The van der Waals surface area contributed by atoms with E-state index in [1.165, 1.54) is 13.3 Å². The van der Waals surface area contributed by atoms with Gasteiger partial charge in [-0.15, -0.1) is 0 Å². The number of hydrogen-bond acceptors (Lipinski definition) is 5. The van der Waals surface area contributed by atoms with E-state index in [0.29, 0.717) is 38.2 Å². The van der Waals surface area contributed by atoms with Gasteiger partial charge in [0.15, 0.2) is 11.5 Å². The lowest BCUT2D eigenvalue weighted by Gasteiger charge is -2.10. The zero-order valence-electron chi connectivity index (χ0n) is 21.5. The van der Waals surface area contributed by atoms with Crippen molar-refractivity contribution >= 4 is 52.2 Å². The highest BCUT2D eigenvalue weighted by Crippen LogP contribution is 2.37. The number of halogens is 2. The summed E-state index contributed by atoms with van der Waals surface area (Å²) in [6.45, 7) is 1.97. The average Bonchev–Trinajstić information content (AvgIpc) is 3.35. The van der Waals surface area contributed by atoms with Crippen LogP contribution < -0.4 is 14.9 Å². The third-order valence-corrected chi connectivity index (χ3v) is 6.84. The lowest BCUT2D eigenvalue weighted by atomic mass is 10.0. The molecule has 0 aliphatic heterocycles. The van der Waals surface area contributed by atoms with Crippen molar-refractivity contribution in [3.05, 3.63) is 117 Å². The van der Waals surface area contributed by atoms with Crippen molar-refractivity contribution in [2.45, 2.75) is 6.92 Å². The second-order valence-electron chi connectivity index (χ2n) is 8.86. The Morgan fingerprint density at radius 2 is 1.70 bits per heavy atom. The number of benzene rings is 4. The molecule has 5 rings (SSSR count). The summed E-state index contributed by atoms with van der Waals surface area (Å²) < 4.78 is 10.9. The predicted octanol–water partition coefficient (Wildman–Crippen LogP) is 7.44. The van der Waals surface area contributed by atoms with Gasteiger partial charge in [0.05, 0.1) is 18.9 Å². The Morgan fingerprint density at radius 3 is 2.45 bits per heavy atom. The minimum Gasteiger partial charge on any atom is -0.493 e. The average molecular weight is 572 g/mol. The number of ether oxygens (including phenoxy) is 2. The summed E-state index contributed by atoms with van der Waals surface area (Å²) in [6.07, 6.45) is 1.47. The van der Waals surface area contributed by atoms with Crippen molar-refractivity contribution in [3.63, 3.8) is 0 Å². The molecule has 40 heavy (non-hydrogen) atoms. The smallest absolute Gasteiger partial charge is 0.343 e. The standard InChI is InChI=1S/C31H23Cl2N3O4/c1-18-6-5-8-23-27(22-7-3-4-9-24(22)33)29(35-28(18)23)30(37)36-34-17-19-10-15-25(26(16-19)39-2)40-31(38)20-11-13-21(32)14-12-20/h3-17,35H,1-2H3,(H,36,37). The molecule has 0 aliphatic carbocycles. The fourth-order valence-corrected chi connectivity index (χ4v) is 4.65. The maximum Gasteiger partial charge on any atom is 0.343 e. The number of aromatic nitrogens is 1. The first-order valence-corrected chi connectivity index (χ1v) is 13.0. The molecule has 0 saturated carbocycles. The molecule has 1 heterocycles. The van der Waals surface area contributed by atoms with Gasteiger partial charge >= 0.3 is 5.97 Å². The summed E-state index contributed by atoms with van der Waals surface area (Å²) in [5, 5.41) is 6.07. The van der Waals surface area contributed by atoms with Crippen molar-refractivity contribution in [2.75, 3.05) is 7.11 Å². The summed E-state index contributed by atoms with van der Waals surface area (Å²) in [5.74, 6) is -0.417. The zero-order valence-corrected chi connectivity index (χ0v) is 23.0. The molecule has 0 spiro atoms. The van der Waals surface area contributed by atoms with Crippen LogP contribution in [0.25, 0.3) is 22.0 Å². The molecule has 2 N–H and O–H groups in total. The first kappa shape index (κ1) is 27.0. The van der Waals surface area contributed by atoms with Crippen LogP contribution in [0.2, 0.25) is 10.0 Å². The zero-order chi connectivity index (χ0) is 28.2. The van der Waals surface area contributed by atoms with E-state index in [-0.39, 0.29) is 5.75 Å². The maximum absolute atomic E-state index is 13.3. The van der Waals surface area contributed by atoms with Crippen molar-refractivity contribution < 1.29 is 19.1 Å². The van der Waals surface area contributed by atoms with Crippen LogP contribution in [0.1, 0.15) is 32.0 Å². The van der Waals surface area contributed by atoms with Gasteiger partial charge in [-0.05, 0) is 66.6 Å². The molecule has 0 atom stereocenters. The summed E-state index contributed by atoms with van der Waals surface area (Å²) >= 11 is 12.4. The van der Waals surface area contributed by atoms with Gasteiger partial charge in [0, 0.05) is 32.1 Å². The van der Waals surface area contributed by atoms with E-state index in [4.69, 9.17) is 32.7 Å². The molecule has 1 aromatic heterocycles. The number of fused-ring (bicyclic) bond motifs is 1. The molecule has 0 fully saturated rings. The summed E-state index contributed by atoms with van der Waals surface area (Å²) in [7, 11) is 1.46. The highest BCUT2D eigenvalue weighted by molar-refractivity contribution is 6.34. The quantitative estimate of drug-likeness (QED) is 0.0918. The Labute approximate surface area is 240 Å². The normalized spacial score (nSPS) is 11.1. The van der Waals surface area contributed by atoms with Crippen LogP contribution in [0, 0.1) is 6.92 Å². The number of hydrogen-bond donors (Lipinski definition) is 2. The molecule has 0 radical (unpaired) electrons. The Morgan fingerprint density at radius 1 is 0.925 bits per heavy atom. The van der Waals surface area contributed by atoms with Gasteiger partial charge in [-0.25, -0.2) is 10.2 Å².